The van der Waals surface area contributed by atoms with Gasteiger partial charge >= 0.3 is 0 Å². The highest BCUT2D eigenvalue weighted by Gasteiger charge is 2.07. The SMILES string of the molecule is C[C@H](NCc1cn2cc(Cl)ccc2n1)c1ccccn1. The van der Waals surface area contributed by atoms with Crippen LogP contribution >= 0.6 is 11.6 Å². The van der Waals surface area contributed by atoms with Gasteiger partial charge in [-0.1, -0.05) is 17.7 Å². The van der Waals surface area contributed by atoms with Gasteiger partial charge in [0.1, 0.15) is 5.65 Å². The maximum atomic E-state index is 5.96. The third-order valence-corrected chi connectivity index (χ3v) is 3.41. The molecule has 0 aromatic carbocycles. The summed E-state index contributed by atoms with van der Waals surface area (Å²) in [6.07, 6.45) is 5.65. The number of nitrogens with zero attached hydrogens (tertiary/aromatic N) is 3. The van der Waals surface area contributed by atoms with E-state index in [1.807, 2.05) is 47.1 Å². The van der Waals surface area contributed by atoms with Crippen molar-refractivity contribution in [1.29, 1.82) is 0 Å². The molecular weight excluding hydrogens is 272 g/mol. The fraction of sp³-hybridized carbons (Fsp3) is 0.200. The molecule has 3 heterocycles. The Hall–Kier alpha value is -1.91. The number of rotatable bonds is 4. The number of imidazole rings is 1. The van der Waals surface area contributed by atoms with Crippen LogP contribution in [0.3, 0.4) is 0 Å². The monoisotopic (exact) mass is 286 g/mol. The minimum atomic E-state index is 0.185. The van der Waals surface area contributed by atoms with E-state index in [1.165, 1.54) is 0 Å². The minimum absolute atomic E-state index is 0.185. The Balaban J connectivity index is 1.71. The highest BCUT2D eigenvalue weighted by molar-refractivity contribution is 6.30. The number of halogens is 1. The van der Waals surface area contributed by atoms with Crippen LogP contribution in [0, 0.1) is 0 Å². The number of aromatic nitrogens is 3. The van der Waals surface area contributed by atoms with E-state index < -0.39 is 0 Å². The van der Waals surface area contributed by atoms with Gasteiger partial charge < -0.3 is 9.72 Å². The summed E-state index contributed by atoms with van der Waals surface area (Å²) in [5.41, 5.74) is 2.91. The minimum Gasteiger partial charge on any atom is -0.305 e. The number of hydrogen-bond donors (Lipinski definition) is 1. The van der Waals surface area contributed by atoms with Crippen molar-refractivity contribution >= 4 is 17.2 Å². The fourth-order valence-electron chi connectivity index (χ4n) is 2.10. The summed E-state index contributed by atoms with van der Waals surface area (Å²) in [5.74, 6) is 0. The van der Waals surface area contributed by atoms with E-state index in [1.54, 1.807) is 6.20 Å². The lowest BCUT2D eigenvalue weighted by Crippen LogP contribution is -2.19. The van der Waals surface area contributed by atoms with Crippen LogP contribution in [0.25, 0.3) is 5.65 Å². The molecule has 3 aromatic rings. The molecule has 0 bridgehead atoms. The van der Waals surface area contributed by atoms with E-state index in [0.717, 1.165) is 17.0 Å². The molecule has 1 N–H and O–H groups in total. The zero-order chi connectivity index (χ0) is 13.9. The van der Waals surface area contributed by atoms with Gasteiger partial charge in [0.05, 0.1) is 16.4 Å². The number of fused-ring (bicyclic) bond motifs is 1. The van der Waals surface area contributed by atoms with Crippen LogP contribution in [-0.2, 0) is 6.54 Å². The molecule has 0 fully saturated rings. The Morgan fingerprint density at radius 1 is 1.25 bits per heavy atom. The molecule has 0 aliphatic rings. The molecule has 0 aliphatic heterocycles. The second kappa shape index (κ2) is 5.61. The van der Waals surface area contributed by atoms with Crippen LogP contribution < -0.4 is 5.32 Å². The topological polar surface area (TPSA) is 42.2 Å². The lowest BCUT2D eigenvalue weighted by Gasteiger charge is -2.11. The second-order valence-corrected chi connectivity index (χ2v) is 5.14. The first-order chi connectivity index (χ1) is 9.72. The highest BCUT2D eigenvalue weighted by atomic mass is 35.5. The van der Waals surface area contributed by atoms with Crippen molar-refractivity contribution in [2.75, 3.05) is 0 Å². The number of hydrogen-bond acceptors (Lipinski definition) is 3. The maximum absolute atomic E-state index is 5.96. The van der Waals surface area contributed by atoms with Gasteiger partial charge in [-0.2, -0.15) is 0 Å². The lowest BCUT2D eigenvalue weighted by molar-refractivity contribution is 0.556. The van der Waals surface area contributed by atoms with Crippen LogP contribution in [0.2, 0.25) is 5.02 Å². The predicted octanol–water partition coefficient (Wildman–Crippen LogP) is 3.23. The Bertz CT molecular complexity index is 708. The zero-order valence-electron chi connectivity index (χ0n) is 11.1. The van der Waals surface area contributed by atoms with Gasteiger partial charge in [0.2, 0.25) is 0 Å². The molecule has 102 valence electrons. The Kier molecular flexibility index (Phi) is 3.67. The van der Waals surface area contributed by atoms with Gasteiger partial charge in [0, 0.05) is 31.2 Å². The second-order valence-electron chi connectivity index (χ2n) is 4.70. The van der Waals surface area contributed by atoms with Gasteiger partial charge in [-0.15, -0.1) is 0 Å². The third kappa shape index (κ3) is 2.81. The summed E-state index contributed by atoms with van der Waals surface area (Å²) in [6.45, 7) is 2.78. The van der Waals surface area contributed by atoms with Crippen LogP contribution in [0.15, 0.2) is 48.9 Å². The smallest absolute Gasteiger partial charge is 0.137 e. The van der Waals surface area contributed by atoms with Crippen molar-refractivity contribution in [3.63, 3.8) is 0 Å². The van der Waals surface area contributed by atoms with Gasteiger partial charge in [-0.05, 0) is 31.2 Å². The van der Waals surface area contributed by atoms with Crippen molar-refractivity contribution in [3.8, 4) is 0 Å². The van der Waals surface area contributed by atoms with Crippen LogP contribution in [0.1, 0.15) is 24.4 Å². The van der Waals surface area contributed by atoms with E-state index in [-0.39, 0.29) is 6.04 Å². The molecule has 0 unspecified atom stereocenters. The standard InChI is InChI=1S/C15H15ClN4/c1-11(14-4-2-3-7-17-14)18-8-13-10-20-9-12(16)5-6-15(20)19-13/h2-7,9-11,18H,8H2,1H3/t11-/m0/s1. The maximum Gasteiger partial charge on any atom is 0.137 e. The summed E-state index contributed by atoms with van der Waals surface area (Å²) in [7, 11) is 0. The normalized spacial score (nSPS) is 12.7. The van der Waals surface area contributed by atoms with E-state index in [2.05, 4.69) is 22.2 Å². The van der Waals surface area contributed by atoms with Crippen molar-refractivity contribution in [2.24, 2.45) is 0 Å². The van der Waals surface area contributed by atoms with Gasteiger partial charge in [-0.3, -0.25) is 4.98 Å². The number of pyridine rings is 2. The summed E-state index contributed by atoms with van der Waals surface area (Å²) in [6, 6.07) is 9.87. The molecule has 5 heteroatoms. The largest absolute Gasteiger partial charge is 0.305 e. The van der Waals surface area contributed by atoms with E-state index >= 15 is 0 Å². The first-order valence-electron chi connectivity index (χ1n) is 6.50. The molecule has 1 atom stereocenters. The lowest BCUT2D eigenvalue weighted by atomic mass is 10.2. The molecule has 4 nitrogen and oxygen atoms in total. The molecule has 20 heavy (non-hydrogen) atoms. The van der Waals surface area contributed by atoms with Crippen LogP contribution in [0.4, 0.5) is 0 Å². The van der Waals surface area contributed by atoms with Crippen molar-refractivity contribution in [3.05, 3.63) is 65.3 Å². The van der Waals surface area contributed by atoms with Gasteiger partial charge in [-0.25, -0.2) is 4.98 Å². The van der Waals surface area contributed by atoms with E-state index in [9.17, 15) is 0 Å². The molecule has 3 rings (SSSR count). The highest BCUT2D eigenvalue weighted by Crippen LogP contribution is 2.13. The Morgan fingerprint density at radius 3 is 2.95 bits per heavy atom. The summed E-state index contributed by atoms with van der Waals surface area (Å²) in [4.78, 5) is 8.88. The molecule has 0 amide bonds. The first-order valence-corrected chi connectivity index (χ1v) is 6.87. The number of nitrogens with one attached hydrogen (secondary N) is 1. The predicted molar refractivity (Wildman–Crippen MR) is 79.7 cm³/mol. The quantitative estimate of drug-likeness (QED) is 0.801. The molecule has 0 spiro atoms. The van der Waals surface area contributed by atoms with E-state index in [0.29, 0.717) is 11.6 Å². The average molecular weight is 287 g/mol. The molecule has 0 aliphatic carbocycles. The molecular formula is C15H15ClN4. The zero-order valence-corrected chi connectivity index (χ0v) is 11.9. The summed E-state index contributed by atoms with van der Waals surface area (Å²) < 4.78 is 1.94. The fourth-order valence-corrected chi connectivity index (χ4v) is 2.26. The van der Waals surface area contributed by atoms with E-state index in [4.69, 9.17) is 11.6 Å². The van der Waals surface area contributed by atoms with Crippen molar-refractivity contribution in [2.45, 2.75) is 19.5 Å². The summed E-state index contributed by atoms with van der Waals surface area (Å²) in [5, 5.41) is 4.12. The van der Waals surface area contributed by atoms with Gasteiger partial charge in [0.25, 0.3) is 0 Å². The van der Waals surface area contributed by atoms with Crippen molar-refractivity contribution < 1.29 is 0 Å². The summed E-state index contributed by atoms with van der Waals surface area (Å²) >= 11 is 5.96. The van der Waals surface area contributed by atoms with Crippen LogP contribution in [-0.4, -0.2) is 14.4 Å². The van der Waals surface area contributed by atoms with Gasteiger partial charge in [0.15, 0.2) is 0 Å². The average Bonchev–Trinajstić information content (AvgIpc) is 2.87. The molecule has 0 saturated carbocycles. The molecule has 3 aromatic heterocycles. The Morgan fingerprint density at radius 2 is 2.15 bits per heavy atom. The first kappa shape index (κ1) is 13.1. The third-order valence-electron chi connectivity index (χ3n) is 3.19. The van der Waals surface area contributed by atoms with Crippen LogP contribution in [0.5, 0.6) is 0 Å². The van der Waals surface area contributed by atoms with Crippen molar-refractivity contribution in [1.82, 2.24) is 19.7 Å². The Labute approximate surface area is 122 Å². The molecule has 0 radical (unpaired) electrons. The molecule has 0 saturated heterocycles.